The number of hydrogen-bond acceptors (Lipinski definition) is 4. The third kappa shape index (κ3) is 3.25. The molecule has 0 bridgehead atoms. The van der Waals surface area contributed by atoms with Crippen LogP contribution in [0.25, 0.3) is 0 Å². The lowest BCUT2D eigenvalue weighted by atomic mass is 9.87. The molecule has 1 atom stereocenters. The molecule has 1 heterocycles. The van der Waals surface area contributed by atoms with E-state index in [0.29, 0.717) is 31.0 Å². The summed E-state index contributed by atoms with van der Waals surface area (Å²) in [5.41, 5.74) is 5.81. The fraction of sp³-hybridized carbons (Fsp3) is 0.833. The van der Waals surface area contributed by atoms with Crippen LogP contribution in [0.3, 0.4) is 0 Å². The maximum Gasteiger partial charge on any atom is 0.248 e. The molecule has 6 heteroatoms. The molecule has 1 aromatic heterocycles. The first-order valence-corrected chi connectivity index (χ1v) is 6.46. The monoisotopic (exact) mass is 259 g/mol. The predicted molar refractivity (Wildman–Crippen MR) is 62.4 cm³/mol. The second-order valence-corrected chi connectivity index (χ2v) is 5.05. The van der Waals surface area contributed by atoms with Crippen molar-refractivity contribution in [3.05, 3.63) is 11.7 Å². The van der Waals surface area contributed by atoms with Gasteiger partial charge in [0.15, 0.2) is 5.82 Å². The van der Waals surface area contributed by atoms with Gasteiger partial charge in [0, 0.05) is 31.2 Å². The summed E-state index contributed by atoms with van der Waals surface area (Å²) in [6, 6.07) is 0.0196. The maximum absolute atomic E-state index is 13.0. The third-order valence-corrected chi connectivity index (χ3v) is 3.52. The van der Waals surface area contributed by atoms with Gasteiger partial charge in [-0.2, -0.15) is 4.98 Å². The van der Waals surface area contributed by atoms with Crippen LogP contribution in [0.15, 0.2) is 4.52 Å². The van der Waals surface area contributed by atoms with E-state index in [1.54, 1.807) is 0 Å². The van der Waals surface area contributed by atoms with Crippen molar-refractivity contribution < 1.29 is 13.3 Å². The normalized spacial score (nSPS) is 22.0. The zero-order valence-corrected chi connectivity index (χ0v) is 10.5. The van der Waals surface area contributed by atoms with E-state index < -0.39 is 5.92 Å². The highest BCUT2D eigenvalue weighted by molar-refractivity contribution is 4.98. The van der Waals surface area contributed by atoms with Crippen molar-refractivity contribution in [2.75, 3.05) is 0 Å². The third-order valence-electron chi connectivity index (χ3n) is 3.52. The Morgan fingerprint density at radius 1 is 1.44 bits per heavy atom. The Hall–Kier alpha value is -1.04. The number of nitrogens with zero attached hydrogens (tertiary/aromatic N) is 2. The number of aromatic nitrogens is 2. The van der Waals surface area contributed by atoms with E-state index in [1.165, 1.54) is 0 Å². The summed E-state index contributed by atoms with van der Waals surface area (Å²) >= 11 is 0. The smallest absolute Gasteiger partial charge is 0.248 e. The minimum absolute atomic E-state index is 0.0196. The summed E-state index contributed by atoms with van der Waals surface area (Å²) in [6.07, 6.45) is 2.05. The molecule has 0 saturated heterocycles. The molecule has 0 spiro atoms. The van der Waals surface area contributed by atoms with Gasteiger partial charge < -0.3 is 10.3 Å². The van der Waals surface area contributed by atoms with Crippen LogP contribution in [-0.4, -0.2) is 22.1 Å². The van der Waals surface area contributed by atoms with Gasteiger partial charge in [0.05, 0.1) is 0 Å². The summed E-state index contributed by atoms with van der Waals surface area (Å²) < 4.78 is 31.2. The van der Waals surface area contributed by atoms with Crippen molar-refractivity contribution in [2.24, 2.45) is 5.73 Å². The molecule has 0 aromatic carbocycles. The van der Waals surface area contributed by atoms with Crippen molar-refractivity contribution in [1.29, 1.82) is 0 Å². The van der Waals surface area contributed by atoms with Crippen molar-refractivity contribution in [1.82, 2.24) is 10.1 Å². The lowest BCUT2D eigenvalue weighted by Crippen LogP contribution is -2.24. The SMILES string of the molecule is CCC(N)Cc1noc(C2CCC(F)(F)CC2)n1. The predicted octanol–water partition coefficient (Wildman–Crippen LogP) is 2.64. The number of halogens is 2. The lowest BCUT2D eigenvalue weighted by Gasteiger charge is -2.25. The quantitative estimate of drug-likeness (QED) is 0.902. The Labute approximate surface area is 105 Å². The maximum atomic E-state index is 13.0. The summed E-state index contributed by atoms with van der Waals surface area (Å²) in [5.74, 6) is -1.48. The summed E-state index contributed by atoms with van der Waals surface area (Å²) in [6.45, 7) is 1.99. The average Bonchev–Trinajstić information content (AvgIpc) is 2.77. The second kappa shape index (κ2) is 5.30. The largest absolute Gasteiger partial charge is 0.339 e. The van der Waals surface area contributed by atoms with E-state index >= 15 is 0 Å². The molecule has 102 valence electrons. The lowest BCUT2D eigenvalue weighted by molar-refractivity contribution is -0.0402. The van der Waals surface area contributed by atoms with Gasteiger partial charge in [-0.05, 0) is 19.3 Å². The van der Waals surface area contributed by atoms with Gasteiger partial charge in [0.2, 0.25) is 11.8 Å². The highest BCUT2D eigenvalue weighted by atomic mass is 19.3. The number of nitrogens with two attached hydrogens (primary N) is 1. The topological polar surface area (TPSA) is 64.9 Å². The molecular formula is C12H19F2N3O. The highest BCUT2D eigenvalue weighted by Gasteiger charge is 2.37. The standard InChI is InChI=1S/C12H19F2N3O/c1-2-9(15)7-10-16-11(18-17-10)8-3-5-12(13,14)6-4-8/h8-9H,2-7,15H2,1H3. The van der Waals surface area contributed by atoms with Crippen molar-refractivity contribution >= 4 is 0 Å². The van der Waals surface area contributed by atoms with Crippen molar-refractivity contribution in [3.63, 3.8) is 0 Å². The first-order valence-electron chi connectivity index (χ1n) is 6.46. The van der Waals surface area contributed by atoms with Crippen LogP contribution in [0.1, 0.15) is 56.7 Å². The van der Waals surface area contributed by atoms with Gasteiger partial charge >= 0.3 is 0 Å². The molecule has 1 aromatic rings. The molecule has 0 aliphatic heterocycles. The minimum Gasteiger partial charge on any atom is -0.339 e. The molecule has 2 rings (SSSR count). The van der Waals surface area contributed by atoms with Crippen molar-refractivity contribution in [3.8, 4) is 0 Å². The Kier molecular flexibility index (Phi) is 3.94. The van der Waals surface area contributed by atoms with Gasteiger partial charge in [-0.15, -0.1) is 0 Å². The Balaban J connectivity index is 1.94. The van der Waals surface area contributed by atoms with E-state index in [0.717, 1.165) is 6.42 Å². The number of alkyl halides is 2. The van der Waals surface area contributed by atoms with Crippen LogP contribution in [0.2, 0.25) is 0 Å². The van der Waals surface area contributed by atoms with Gasteiger partial charge in [0.25, 0.3) is 0 Å². The molecule has 0 amide bonds. The summed E-state index contributed by atoms with van der Waals surface area (Å²) in [7, 11) is 0. The molecule has 1 saturated carbocycles. The molecule has 0 radical (unpaired) electrons. The molecular weight excluding hydrogens is 240 g/mol. The van der Waals surface area contributed by atoms with Crippen LogP contribution >= 0.6 is 0 Å². The number of hydrogen-bond donors (Lipinski definition) is 1. The fourth-order valence-corrected chi connectivity index (χ4v) is 2.18. The van der Waals surface area contributed by atoms with E-state index in [2.05, 4.69) is 10.1 Å². The van der Waals surface area contributed by atoms with E-state index in [-0.39, 0.29) is 24.8 Å². The Morgan fingerprint density at radius 2 is 2.11 bits per heavy atom. The summed E-state index contributed by atoms with van der Waals surface area (Å²) in [5, 5.41) is 3.86. The van der Waals surface area contributed by atoms with E-state index in [9.17, 15) is 8.78 Å². The van der Waals surface area contributed by atoms with Gasteiger partial charge in [-0.25, -0.2) is 8.78 Å². The van der Waals surface area contributed by atoms with Crippen LogP contribution < -0.4 is 5.73 Å². The van der Waals surface area contributed by atoms with Gasteiger partial charge in [-0.1, -0.05) is 12.1 Å². The highest BCUT2D eigenvalue weighted by Crippen LogP contribution is 2.40. The van der Waals surface area contributed by atoms with E-state index in [4.69, 9.17) is 10.3 Å². The van der Waals surface area contributed by atoms with Gasteiger partial charge in [0.1, 0.15) is 0 Å². The zero-order valence-electron chi connectivity index (χ0n) is 10.5. The van der Waals surface area contributed by atoms with Crippen LogP contribution in [0, 0.1) is 0 Å². The Morgan fingerprint density at radius 3 is 2.72 bits per heavy atom. The van der Waals surface area contributed by atoms with Crippen LogP contribution in [0.5, 0.6) is 0 Å². The van der Waals surface area contributed by atoms with E-state index in [1.807, 2.05) is 6.92 Å². The van der Waals surface area contributed by atoms with Crippen LogP contribution in [-0.2, 0) is 6.42 Å². The molecule has 4 nitrogen and oxygen atoms in total. The van der Waals surface area contributed by atoms with Gasteiger partial charge in [-0.3, -0.25) is 0 Å². The zero-order chi connectivity index (χ0) is 13.2. The Bertz CT molecular complexity index is 384. The molecule has 1 unspecified atom stereocenters. The second-order valence-electron chi connectivity index (χ2n) is 5.05. The molecule has 2 N–H and O–H groups in total. The molecule has 1 aliphatic carbocycles. The number of rotatable bonds is 4. The molecule has 1 fully saturated rings. The molecule has 18 heavy (non-hydrogen) atoms. The van der Waals surface area contributed by atoms with Crippen molar-refractivity contribution in [2.45, 2.75) is 63.3 Å². The minimum atomic E-state index is -2.52. The fourth-order valence-electron chi connectivity index (χ4n) is 2.18. The van der Waals surface area contributed by atoms with Crippen LogP contribution in [0.4, 0.5) is 8.78 Å². The summed E-state index contributed by atoms with van der Waals surface area (Å²) in [4.78, 5) is 4.27. The molecule has 1 aliphatic rings. The average molecular weight is 259 g/mol. The first kappa shape index (κ1) is 13.4. The first-order chi connectivity index (χ1) is 8.50.